The smallest absolute Gasteiger partial charge is 0.228 e. The Morgan fingerprint density at radius 2 is 1.76 bits per heavy atom. The van der Waals surface area contributed by atoms with Crippen LogP contribution in [0.4, 0.5) is 0 Å². The van der Waals surface area contributed by atoms with Crippen LogP contribution in [0.2, 0.25) is 0 Å². The van der Waals surface area contributed by atoms with E-state index in [2.05, 4.69) is 0 Å². The second-order valence-corrected chi connectivity index (χ2v) is 3.83. The molecule has 0 aliphatic carbocycles. The first-order chi connectivity index (χ1) is 8.09. The summed E-state index contributed by atoms with van der Waals surface area (Å²) in [5.74, 6) is 0.384. The van der Waals surface area contributed by atoms with Crippen LogP contribution in [0.3, 0.4) is 0 Å². The molecule has 3 nitrogen and oxygen atoms in total. The molecule has 1 heterocycles. The largest absolute Gasteiger partial charge is 0.457 e. The molecule has 86 valence electrons. The van der Waals surface area contributed by atoms with E-state index in [0.29, 0.717) is 16.9 Å². The lowest BCUT2D eigenvalue weighted by Gasteiger charge is -1.95. The molecule has 3 heteroatoms. The van der Waals surface area contributed by atoms with Gasteiger partial charge in [0.1, 0.15) is 5.76 Å². The summed E-state index contributed by atoms with van der Waals surface area (Å²) in [5, 5.41) is 0. The predicted octanol–water partition coefficient (Wildman–Crippen LogP) is 3.02. The zero-order valence-electron chi connectivity index (χ0n) is 9.69. The van der Waals surface area contributed by atoms with Crippen LogP contribution >= 0.6 is 0 Å². The first-order valence-corrected chi connectivity index (χ1v) is 5.30. The topological polar surface area (TPSA) is 47.3 Å². The number of hydrogen-bond acceptors (Lipinski definition) is 3. The third-order valence-electron chi connectivity index (χ3n) is 2.56. The van der Waals surface area contributed by atoms with Crippen molar-refractivity contribution in [2.45, 2.75) is 13.8 Å². The van der Waals surface area contributed by atoms with Gasteiger partial charge < -0.3 is 4.42 Å². The summed E-state index contributed by atoms with van der Waals surface area (Å²) >= 11 is 0. The summed E-state index contributed by atoms with van der Waals surface area (Å²) in [6.07, 6.45) is 0. The quantitative estimate of drug-likeness (QED) is 0.758. The highest BCUT2D eigenvalue weighted by molar-refractivity contribution is 6.08. The third kappa shape index (κ3) is 2.18. The van der Waals surface area contributed by atoms with Crippen LogP contribution in [0, 0.1) is 6.92 Å². The number of aryl methyl sites for hydroxylation is 1. The molecule has 0 saturated carbocycles. The maximum absolute atomic E-state index is 12.0. The summed E-state index contributed by atoms with van der Waals surface area (Å²) in [5.41, 5.74) is 1.01. The van der Waals surface area contributed by atoms with Gasteiger partial charge in [-0.2, -0.15) is 0 Å². The minimum absolute atomic E-state index is 0.0987. The maximum atomic E-state index is 12.0. The molecule has 0 radical (unpaired) electrons. The van der Waals surface area contributed by atoms with E-state index >= 15 is 0 Å². The van der Waals surface area contributed by atoms with E-state index in [4.69, 9.17) is 4.42 Å². The van der Waals surface area contributed by atoms with Crippen molar-refractivity contribution < 1.29 is 14.0 Å². The first-order valence-electron chi connectivity index (χ1n) is 5.30. The highest BCUT2D eigenvalue weighted by Crippen LogP contribution is 2.18. The molecule has 2 rings (SSSR count). The number of ketones is 2. The predicted molar refractivity (Wildman–Crippen MR) is 63.3 cm³/mol. The number of benzene rings is 1. The van der Waals surface area contributed by atoms with Crippen molar-refractivity contribution in [2.75, 3.05) is 0 Å². The number of Topliss-reactive ketones (excluding diaryl/α,β-unsaturated/α-hetero) is 1. The average molecular weight is 228 g/mol. The van der Waals surface area contributed by atoms with Gasteiger partial charge in [-0.1, -0.05) is 30.3 Å². The van der Waals surface area contributed by atoms with Gasteiger partial charge in [-0.15, -0.1) is 0 Å². The van der Waals surface area contributed by atoms with Crippen LogP contribution in [-0.2, 0) is 0 Å². The Labute approximate surface area is 99.1 Å². The fourth-order valence-electron chi connectivity index (χ4n) is 1.68. The molecule has 0 bridgehead atoms. The van der Waals surface area contributed by atoms with Crippen molar-refractivity contribution in [2.24, 2.45) is 0 Å². The van der Waals surface area contributed by atoms with Gasteiger partial charge in [0.05, 0.1) is 5.56 Å². The minimum atomic E-state index is -0.207. The average Bonchev–Trinajstić information content (AvgIpc) is 2.71. The van der Waals surface area contributed by atoms with E-state index in [1.807, 2.05) is 6.07 Å². The zero-order chi connectivity index (χ0) is 12.4. The third-order valence-corrected chi connectivity index (χ3v) is 2.56. The Kier molecular flexibility index (Phi) is 2.91. The summed E-state index contributed by atoms with van der Waals surface area (Å²) in [7, 11) is 0. The highest BCUT2D eigenvalue weighted by Gasteiger charge is 2.17. The van der Waals surface area contributed by atoms with Crippen LogP contribution in [0.15, 0.2) is 40.8 Å². The normalized spacial score (nSPS) is 10.2. The van der Waals surface area contributed by atoms with E-state index in [-0.39, 0.29) is 17.3 Å². The van der Waals surface area contributed by atoms with Gasteiger partial charge >= 0.3 is 0 Å². The van der Waals surface area contributed by atoms with Crippen molar-refractivity contribution in [1.29, 1.82) is 0 Å². The van der Waals surface area contributed by atoms with Crippen molar-refractivity contribution in [3.63, 3.8) is 0 Å². The maximum Gasteiger partial charge on any atom is 0.228 e. The number of furan rings is 1. The molecule has 0 N–H and O–H groups in total. The molecule has 0 atom stereocenters. The summed E-state index contributed by atoms with van der Waals surface area (Å²) in [6, 6.07) is 10.4. The lowest BCUT2D eigenvalue weighted by molar-refractivity contribution is 0.100. The lowest BCUT2D eigenvalue weighted by Crippen LogP contribution is -1.99. The number of carbonyl (C=O) groups excluding carboxylic acids is 2. The second kappa shape index (κ2) is 4.37. The molecule has 1 aromatic heterocycles. The summed E-state index contributed by atoms with van der Waals surface area (Å²) in [6.45, 7) is 3.13. The van der Waals surface area contributed by atoms with E-state index in [1.165, 1.54) is 13.0 Å². The molecular weight excluding hydrogens is 216 g/mol. The first kappa shape index (κ1) is 11.3. The van der Waals surface area contributed by atoms with Gasteiger partial charge in [-0.3, -0.25) is 9.59 Å². The molecule has 0 amide bonds. The van der Waals surface area contributed by atoms with E-state index < -0.39 is 0 Å². The Morgan fingerprint density at radius 3 is 2.29 bits per heavy atom. The van der Waals surface area contributed by atoms with Crippen LogP contribution in [-0.4, -0.2) is 11.6 Å². The molecule has 0 aliphatic heterocycles. The monoisotopic (exact) mass is 228 g/mol. The van der Waals surface area contributed by atoms with Gasteiger partial charge in [0, 0.05) is 5.56 Å². The molecule has 0 spiro atoms. The second-order valence-electron chi connectivity index (χ2n) is 3.83. The summed E-state index contributed by atoms with van der Waals surface area (Å²) in [4.78, 5) is 23.3. The van der Waals surface area contributed by atoms with Gasteiger partial charge in [0.15, 0.2) is 11.5 Å². The molecule has 2 aromatic rings. The lowest BCUT2D eigenvalue weighted by atomic mass is 10.1. The standard InChI is InChI=1S/C14H12O3/c1-9(15)12-8-13(17-10(12)2)14(16)11-6-4-3-5-7-11/h3-8H,1-2H3. The van der Waals surface area contributed by atoms with Crippen molar-refractivity contribution >= 4 is 11.6 Å². The molecule has 17 heavy (non-hydrogen) atoms. The highest BCUT2D eigenvalue weighted by atomic mass is 16.3. The molecule has 1 aromatic carbocycles. The zero-order valence-corrected chi connectivity index (χ0v) is 9.69. The Bertz CT molecular complexity index is 564. The Hall–Kier alpha value is -2.16. The minimum Gasteiger partial charge on any atom is -0.457 e. The molecule has 0 unspecified atom stereocenters. The number of hydrogen-bond donors (Lipinski definition) is 0. The van der Waals surface area contributed by atoms with Crippen molar-refractivity contribution in [1.82, 2.24) is 0 Å². The van der Waals surface area contributed by atoms with Crippen molar-refractivity contribution in [3.05, 3.63) is 59.0 Å². The van der Waals surface area contributed by atoms with Gasteiger partial charge in [-0.25, -0.2) is 0 Å². The summed E-state index contributed by atoms with van der Waals surface area (Å²) < 4.78 is 5.32. The fraction of sp³-hybridized carbons (Fsp3) is 0.143. The molecule has 0 saturated heterocycles. The SMILES string of the molecule is CC(=O)c1cc(C(=O)c2ccccc2)oc1C. The molecular formula is C14H12O3. The van der Waals surface area contributed by atoms with Crippen LogP contribution < -0.4 is 0 Å². The van der Waals surface area contributed by atoms with Gasteiger partial charge in [-0.05, 0) is 19.9 Å². The van der Waals surface area contributed by atoms with E-state index in [1.54, 1.807) is 31.2 Å². The van der Waals surface area contributed by atoms with Crippen LogP contribution in [0.5, 0.6) is 0 Å². The van der Waals surface area contributed by atoms with E-state index in [9.17, 15) is 9.59 Å². The number of rotatable bonds is 3. The van der Waals surface area contributed by atoms with Gasteiger partial charge in [0.25, 0.3) is 0 Å². The Morgan fingerprint density at radius 1 is 1.12 bits per heavy atom. The van der Waals surface area contributed by atoms with Gasteiger partial charge in [0.2, 0.25) is 5.78 Å². The molecule has 0 aliphatic rings. The van der Waals surface area contributed by atoms with Crippen molar-refractivity contribution in [3.8, 4) is 0 Å². The van der Waals surface area contributed by atoms with Crippen LogP contribution in [0.25, 0.3) is 0 Å². The number of carbonyl (C=O) groups is 2. The van der Waals surface area contributed by atoms with E-state index in [0.717, 1.165) is 0 Å². The van der Waals surface area contributed by atoms with Crippen LogP contribution in [0.1, 0.15) is 39.2 Å². The fourth-order valence-corrected chi connectivity index (χ4v) is 1.68. The molecule has 0 fully saturated rings. The Balaban J connectivity index is 2.39.